The van der Waals surface area contributed by atoms with Crippen LogP contribution >= 0.6 is 0 Å². The lowest BCUT2D eigenvalue weighted by molar-refractivity contribution is 0.155. The molecule has 22 heavy (non-hydrogen) atoms. The van der Waals surface area contributed by atoms with E-state index in [1.54, 1.807) is 30.3 Å². The van der Waals surface area contributed by atoms with E-state index in [1.165, 1.54) is 0 Å². The Bertz CT molecular complexity index is 667. The van der Waals surface area contributed by atoms with E-state index in [2.05, 4.69) is 0 Å². The lowest BCUT2D eigenvalue weighted by Gasteiger charge is -2.10. The average molecular weight is 307 g/mol. The largest absolute Gasteiger partial charge is 0.488 e. The molecule has 0 spiro atoms. The summed E-state index contributed by atoms with van der Waals surface area (Å²) >= 11 is 0. The molecule has 3 N–H and O–H groups in total. The molecule has 0 heterocycles. The van der Waals surface area contributed by atoms with Gasteiger partial charge in [0.1, 0.15) is 6.61 Å². The number of amides is 1. The maximum atomic E-state index is 13.6. The normalized spacial score (nSPS) is 10.2. The van der Waals surface area contributed by atoms with Crippen molar-refractivity contribution in [3.63, 3.8) is 0 Å². The van der Waals surface area contributed by atoms with E-state index < -0.39 is 30.5 Å². The highest BCUT2D eigenvalue weighted by Crippen LogP contribution is 2.16. The van der Waals surface area contributed by atoms with E-state index in [9.17, 15) is 13.6 Å². The second-order valence-corrected chi connectivity index (χ2v) is 4.42. The van der Waals surface area contributed by atoms with Gasteiger partial charge in [-0.2, -0.15) is 0 Å². The number of benzene rings is 2. The Morgan fingerprint density at radius 1 is 1.18 bits per heavy atom. The zero-order valence-electron chi connectivity index (χ0n) is 11.3. The van der Waals surface area contributed by atoms with Gasteiger partial charge in [0.25, 0.3) is 0 Å². The fourth-order valence-corrected chi connectivity index (χ4v) is 1.72. The van der Waals surface area contributed by atoms with Gasteiger partial charge in [-0.3, -0.25) is 5.32 Å². The fourth-order valence-electron chi connectivity index (χ4n) is 1.72. The van der Waals surface area contributed by atoms with Gasteiger partial charge in [0.05, 0.1) is 5.69 Å². The van der Waals surface area contributed by atoms with Crippen LogP contribution in [0.25, 0.3) is 0 Å². The fraction of sp³-hybridized carbons (Fsp3) is 0.0714. The van der Waals surface area contributed by atoms with Crippen LogP contribution in [-0.4, -0.2) is 23.3 Å². The van der Waals surface area contributed by atoms with Crippen molar-refractivity contribution in [1.82, 2.24) is 0 Å². The standard InChI is InChI=1S/C14H12BF2NO4/c16-11-6-10(15(20)21)7-12(13(11)17)18-14(19)22-8-9-4-2-1-3-5-9/h1-7,20-21H,8H2,(H,18,19). The van der Waals surface area contributed by atoms with Crippen molar-refractivity contribution in [1.29, 1.82) is 0 Å². The molecule has 0 unspecified atom stereocenters. The predicted octanol–water partition coefficient (Wildman–Crippen LogP) is 1.39. The van der Waals surface area contributed by atoms with Crippen molar-refractivity contribution in [3.8, 4) is 0 Å². The molecule has 0 bridgehead atoms. The molecule has 0 aliphatic heterocycles. The van der Waals surface area contributed by atoms with E-state index in [-0.39, 0.29) is 12.1 Å². The predicted molar refractivity (Wildman–Crippen MR) is 76.4 cm³/mol. The summed E-state index contributed by atoms with van der Waals surface area (Å²) in [6.45, 7) is -0.0426. The Balaban J connectivity index is 2.05. The molecule has 0 saturated carbocycles. The number of halogens is 2. The molecule has 0 aliphatic rings. The Morgan fingerprint density at radius 2 is 1.86 bits per heavy atom. The zero-order valence-corrected chi connectivity index (χ0v) is 11.3. The Morgan fingerprint density at radius 3 is 2.50 bits per heavy atom. The average Bonchev–Trinajstić information content (AvgIpc) is 2.50. The second-order valence-electron chi connectivity index (χ2n) is 4.42. The van der Waals surface area contributed by atoms with Gasteiger partial charge in [-0.25, -0.2) is 13.6 Å². The number of carbonyl (C=O) groups excluding carboxylic acids is 1. The molecule has 0 aromatic heterocycles. The lowest BCUT2D eigenvalue weighted by atomic mass is 9.80. The third kappa shape index (κ3) is 4.03. The molecule has 1 amide bonds. The van der Waals surface area contributed by atoms with Crippen LogP contribution in [0.5, 0.6) is 0 Å². The lowest BCUT2D eigenvalue weighted by Crippen LogP contribution is -2.31. The molecule has 0 fully saturated rings. The van der Waals surface area contributed by atoms with Gasteiger partial charge in [0.2, 0.25) is 0 Å². The minimum Gasteiger partial charge on any atom is -0.444 e. The molecular weight excluding hydrogens is 295 g/mol. The minimum atomic E-state index is -1.99. The van der Waals surface area contributed by atoms with Crippen LogP contribution in [-0.2, 0) is 11.3 Å². The van der Waals surface area contributed by atoms with E-state index in [1.807, 2.05) is 5.32 Å². The molecule has 114 valence electrons. The summed E-state index contributed by atoms with van der Waals surface area (Å²) in [6.07, 6.45) is -0.994. The van der Waals surface area contributed by atoms with Crippen molar-refractivity contribution >= 4 is 24.4 Å². The quantitative estimate of drug-likeness (QED) is 0.746. The van der Waals surface area contributed by atoms with Crippen LogP contribution in [0.4, 0.5) is 19.3 Å². The molecule has 5 nitrogen and oxygen atoms in total. The van der Waals surface area contributed by atoms with Crippen LogP contribution in [0, 0.1) is 11.6 Å². The molecule has 2 aromatic rings. The van der Waals surface area contributed by atoms with E-state index in [0.29, 0.717) is 6.07 Å². The van der Waals surface area contributed by atoms with Crippen LogP contribution in [0.15, 0.2) is 42.5 Å². The first kappa shape index (κ1) is 15.9. The van der Waals surface area contributed by atoms with Crippen molar-refractivity contribution in [3.05, 3.63) is 59.7 Å². The summed E-state index contributed by atoms with van der Waals surface area (Å²) in [5, 5.41) is 20.0. The van der Waals surface area contributed by atoms with Gasteiger partial charge in [-0.15, -0.1) is 0 Å². The Hall–Kier alpha value is -2.45. The number of ether oxygens (including phenoxy) is 1. The second kappa shape index (κ2) is 7.01. The molecule has 0 atom stereocenters. The molecule has 8 heteroatoms. The van der Waals surface area contributed by atoms with Gasteiger partial charge >= 0.3 is 13.2 Å². The first-order valence-corrected chi connectivity index (χ1v) is 6.30. The van der Waals surface area contributed by atoms with Crippen LogP contribution in [0.2, 0.25) is 0 Å². The first-order chi connectivity index (χ1) is 10.5. The first-order valence-electron chi connectivity index (χ1n) is 6.30. The molecule has 0 radical (unpaired) electrons. The summed E-state index contributed by atoms with van der Waals surface area (Å²) in [6, 6.07) is 10.3. The molecule has 0 aliphatic carbocycles. The highest BCUT2D eigenvalue weighted by molar-refractivity contribution is 6.58. The monoisotopic (exact) mass is 307 g/mol. The van der Waals surface area contributed by atoms with Crippen LogP contribution in [0.1, 0.15) is 5.56 Å². The summed E-state index contributed by atoms with van der Waals surface area (Å²) < 4.78 is 31.7. The van der Waals surface area contributed by atoms with Crippen LogP contribution in [0.3, 0.4) is 0 Å². The number of hydrogen-bond acceptors (Lipinski definition) is 4. The summed E-state index contributed by atoms with van der Waals surface area (Å²) in [5.41, 5.74) is -0.109. The Labute approximate surface area is 125 Å². The molecular formula is C14H12BF2NO4. The van der Waals surface area contributed by atoms with Gasteiger partial charge in [0.15, 0.2) is 11.6 Å². The van der Waals surface area contributed by atoms with Crippen LogP contribution < -0.4 is 10.8 Å². The highest BCUT2D eigenvalue weighted by atomic mass is 19.2. The van der Waals surface area contributed by atoms with E-state index in [4.69, 9.17) is 14.8 Å². The Kier molecular flexibility index (Phi) is 5.08. The van der Waals surface area contributed by atoms with Crippen molar-refractivity contribution < 1.29 is 28.4 Å². The van der Waals surface area contributed by atoms with Crippen molar-refractivity contribution in [2.45, 2.75) is 6.61 Å². The summed E-state index contributed by atoms with van der Waals surface area (Å²) in [5.74, 6) is -2.63. The smallest absolute Gasteiger partial charge is 0.444 e. The third-order valence-corrected chi connectivity index (χ3v) is 2.80. The van der Waals surface area contributed by atoms with E-state index in [0.717, 1.165) is 11.6 Å². The zero-order chi connectivity index (χ0) is 16.1. The van der Waals surface area contributed by atoms with Gasteiger partial charge in [-0.1, -0.05) is 30.3 Å². The van der Waals surface area contributed by atoms with Crippen molar-refractivity contribution in [2.24, 2.45) is 0 Å². The summed E-state index contributed by atoms with van der Waals surface area (Å²) in [7, 11) is -1.99. The number of carbonyl (C=O) groups is 1. The maximum absolute atomic E-state index is 13.6. The van der Waals surface area contributed by atoms with Gasteiger partial charge in [0, 0.05) is 0 Å². The number of rotatable bonds is 4. The maximum Gasteiger partial charge on any atom is 0.488 e. The highest BCUT2D eigenvalue weighted by Gasteiger charge is 2.19. The molecule has 0 saturated heterocycles. The number of nitrogens with one attached hydrogen (secondary N) is 1. The van der Waals surface area contributed by atoms with Gasteiger partial charge in [-0.05, 0) is 23.2 Å². The van der Waals surface area contributed by atoms with Crippen molar-refractivity contribution in [2.75, 3.05) is 5.32 Å². The summed E-state index contributed by atoms with van der Waals surface area (Å²) in [4.78, 5) is 11.6. The van der Waals surface area contributed by atoms with Gasteiger partial charge < -0.3 is 14.8 Å². The molecule has 2 rings (SSSR count). The number of anilines is 1. The number of hydrogen-bond donors (Lipinski definition) is 3. The third-order valence-electron chi connectivity index (χ3n) is 2.80. The molecule has 2 aromatic carbocycles. The van der Waals surface area contributed by atoms with E-state index >= 15 is 0 Å². The minimum absolute atomic E-state index is 0.0426. The topological polar surface area (TPSA) is 78.8 Å². The SMILES string of the molecule is O=C(Nc1cc(B(O)O)cc(F)c1F)OCc1ccccc1.